The molecule has 4 heteroatoms. The molecule has 84 valence electrons. The van der Waals surface area contributed by atoms with Crippen LogP contribution in [-0.4, -0.2) is 18.3 Å². The van der Waals surface area contributed by atoms with E-state index in [1.54, 1.807) is 12.1 Å². The molecule has 2 nitrogen and oxygen atoms in total. The number of aliphatic hydroxyl groups is 1. The van der Waals surface area contributed by atoms with Crippen LogP contribution in [0.2, 0.25) is 0 Å². The Bertz CT molecular complexity index is 319. The van der Waals surface area contributed by atoms with Crippen LogP contribution in [0.5, 0.6) is 0 Å². The van der Waals surface area contributed by atoms with E-state index >= 15 is 0 Å². The predicted octanol–water partition coefficient (Wildman–Crippen LogP) is 2.31. The minimum Gasteiger partial charge on any atom is -0.396 e. The number of hydrogen-bond acceptors (Lipinski definition) is 2. The van der Waals surface area contributed by atoms with Crippen LogP contribution < -0.4 is 5.32 Å². The number of benzene rings is 1. The van der Waals surface area contributed by atoms with Gasteiger partial charge in [0, 0.05) is 29.7 Å². The van der Waals surface area contributed by atoms with Gasteiger partial charge in [-0.05, 0) is 24.1 Å². The highest BCUT2D eigenvalue weighted by Crippen LogP contribution is 2.15. The summed E-state index contributed by atoms with van der Waals surface area (Å²) in [6.07, 6.45) is 0. The van der Waals surface area contributed by atoms with E-state index in [0.717, 1.165) is 4.47 Å². The Morgan fingerprint density at radius 1 is 1.53 bits per heavy atom. The lowest BCUT2D eigenvalue weighted by Gasteiger charge is -2.10. The quantitative estimate of drug-likeness (QED) is 0.865. The number of halogens is 2. The Morgan fingerprint density at radius 2 is 2.27 bits per heavy atom. The Kier molecular flexibility index (Phi) is 5.22. The molecule has 0 radical (unpaired) electrons. The fourth-order valence-electron chi connectivity index (χ4n) is 1.20. The highest BCUT2D eigenvalue weighted by atomic mass is 79.9. The summed E-state index contributed by atoms with van der Waals surface area (Å²) in [6, 6.07) is 4.87. The molecule has 0 saturated heterocycles. The first kappa shape index (κ1) is 12.6. The van der Waals surface area contributed by atoms with Gasteiger partial charge in [-0.2, -0.15) is 0 Å². The van der Waals surface area contributed by atoms with Gasteiger partial charge in [-0.15, -0.1) is 0 Å². The predicted molar refractivity (Wildman–Crippen MR) is 62.1 cm³/mol. The van der Waals surface area contributed by atoms with Gasteiger partial charge in [0.15, 0.2) is 0 Å². The summed E-state index contributed by atoms with van der Waals surface area (Å²) < 4.78 is 14.1. The van der Waals surface area contributed by atoms with E-state index < -0.39 is 0 Å². The van der Waals surface area contributed by atoms with Gasteiger partial charge in [0.05, 0.1) is 0 Å². The molecule has 0 aromatic heterocycles. The first-order chi connectivity index (χ1) is 7.13. The highest BCUT2D eigenvalue weighted by molar-refractivity contribution is 9.10. The van der Waals surface area contributed by atoms with Gasteiger partial charge in [0.1, 0.15) is 5.82 Å². The summed E-state index contributed by atoms with van der Waals surface area (Å²) in [5, 5.41) is 11.9. The van der Waals surface area contributed by atoms with Crippen LogP contribution in [-0.2, 0) is 6.54 Å². The molecule has 0 saturated carbocycles. The zero-order valence-corrected chi connectivity index (χ0v) is 10.2. The van der Waals surface area contributed by atoms with Gasteiger partial charge >= 0.3 is 0 Å². The second-order valence-corrected chi connectivity index (χ2v) is 4.57. The van der Waals surface area contributed by atoms with Gasteiger partial charge in [-0.1, -0.05) is 22.9 Å². The standard InChI is InChI=1S/C11H15BrFNO/c1-8(7-15)5-14-6-9-4-10(12)2-3-11(9)13/h2-4,8,14-15H,5-7H2,1H3. The van der Waals surface area contributed by atoms with Crippen molar-refractivity contribution in [3.05, 3.63) is 34.1 Å². The van der Waals surface area contributed by atoms with Crippen molar-refractivity contribution in [3.8, 4) is 0 Å². The van der Waals surface area contributed by atoms with Gasteiger partial charge in [-0.3, -0.25) is 0 Å². The lowest BCUT2D eigenvalue weighted by atomic mass is 10.2. The second-order valence-electron chi connectivity index (χ2n) is 3.65. The third kappa shape index (κ3) is 4.28. The first-order valence-electron chi connectivity index (χ1n) is 4.89. The van der Waals surface area contributed by atoms with Crippen molar-refractivity contribution >= 4 is 15.9 Å². The van der Waals surface area contributed by atoms with Gasteiger partial charge < -0.3 is 10.4 Å². The van der Waals surface area contributed by atoms with E-state index in [0.29, 0.717) is 18.7 Å². The van der Waals surface area contributed by atoms with Crippen LogP contribution in [0.1, 0.15) is 12.5 Å². The average Bonchev–Trinajstić information content (AvgIpc) is 2.23. The van der Waals surface area contributed by atoms with Crippen molar-refractivity contribution in [2.45, 2.75) is 13.5 Å². The Balaban J connectivity index is 2.46. The van der Waals surface area contributed by atoms with Crippen LogP contribution >= 0.6 is 15.9 Å². The fraction of sp³-hybridized carbons (Fsp3) is 0.455. The highest BCUT2D eigenvalue weighted by Gasteiger charge is 2.03. The van der Waals surface area contributed by atoms with Gasteiger partial charge in [-0.25, -0.2) is 4.39 Å². The van der Waals surface area contributed by atoms with Crippen LogP contribution in [0.4, 0.5) is 4.39 Å². The second kappa shape index (κ2) is 6.20. The fourth-order valence-corrected chi connectivity index (χ4v) is 1.61. The van der Waals surface area contributed by atoms with E-state index in [-0.39, 0.29) is 18.3 Å². The van der Waals surface area contributed by atoms with Crippen LogP contribution in [0.25, 0.3) is 0 Å². The average molecular weight is 276 g/mol. The SMILES string of the molecule is CC(CO)CNCc1cc(Br)ccc1F. The molecule has 1 aromatic rings. The molecule has 1 aromatic carbocycles. The molecule has 0 aliphatic heterocycles. The maximum Gasteiger partial charge on any atom is 0.127 e. The van der Waals surface area contributed by atoms with Crippen LogP contribution in [0.15, 0.2) is 22.7 Å². The minimum absolute atomic E-state index is 0.147. The Hall–Kier alpha value is -0.450. The zero-order chi connectivity index (χ0) is 11.3. The lowest BCUT2D eigenvalue weighted by molar-refractivity contribution is 0.233. The molecule has 0 fully saturated rings. The van der Waals surface area contributed by atoms with Gasteiger partial charge in [0.25, 0.3) is 0 Å². The molecule has 0 bridgehead atoms. The van der Waals surface area contributed by atoms with Crippen molar-refractivity contribution in [3.63, 3.8) is 0 Å². The number of aliphatic hydroxyl groups excluding tert-OH is 1. The maximum absolute atomic E-state index is 13.3. The molecule has 0 spiro atoms. The third-order valence-electron chi connectivity index (χ3n) is 2.13. The summed E-state index contributed by atoms with van der Waals surface area (Å²) >= 11 is 3.30. The summed E-state index contributed by atoms with van der Waals surface area (Å²) in [5.41, 5.74) is 0.634. The molecule has 1 unspecified atom stereocenters. The van der Waals surface area contributed by atoms with E-state index in [9.17, 15) is 4.39 Å². The van der Waals surface area contributed by atoms with E-state index in [2.05, 4.69) is 21.2 Å². The first-order valence-corrected chi connectivity index (χ1v) is 5.68. The van der Waals surface area contributed by atoms with E-state index in [1.165, 1.54) is 6.07 Å². The molecular weight excluding hydrogens is 261 g/mol. The smallest absolute Gasteiger partial charge is 0.127 e. The molecule has 1 atom stereocenters. The maximum atomic E-state index is 13.3. The van der Waals surface area contributed by atoms with E-state index in [1.807, 2.05) is 6.92 Å². The summed E-state index contributed by atoms with van der Waals surface area (Å²) in [6.45, 7) is 3.25. The molecule has 0 aliphatic rings. The third-order valence-corrected chi connectivity index (χ3v) is 2.62. The molecule has 15 heavy (non-hydrogen) atoms. The summed E-state index contributed by atoms with van der Waals surface area (Å²) in [5.74, 6) is -0.0115. The summed E-state index contributed by atoms with van der Waals surface area (Å²) in [7, 11) is 0. The number of rotatable bonds is 5. The van der Waals surface area contributed by atoms with E-state index in [4.69, 9.17) is 5.11 Å². The van der Waals surface area contributed by atoms with Crippen molar-refractivity contribution in [2.75, 3.05) is 13.2 Å². The minimum atomic E-state index is -0.206. The molecular formula is C11H15BrFNO. The molecule has 1 rings (SSSR count). The number of hydrogen-bond donors (Lipinski definition) is 2. The van der Waals surface area contributed by atoms with Crippen LogP contribution in [0.3, 0.4) is 0 Å². The molecule has 0 amide bonds. The Morgan fingerprint density at radius 3 is 2.93 bits per heavy atom. The van der Waals surface area contributed by atoms with Crippen molar-refractivity contribution in [1.29, 1.82) is 0 Å². The van der Waals surface area contributed by atoms with Crippen molar-refractivity contribution < 1.29 is 9.50 Å². The largest absolute Gasteiger partial charge is 0.396 e. The zero-order valence-electron chi connectivity index (χ0n) is 8.63. The van der Waals surface area contributed by atoms with Crippen molar-refractivity contribution in [1.82, 2.24) is 5.32 Å². The normalized spacial score (nSPS) is 12.8. The molecule has 2 N–H and O–H groups in total. The molecule has 0 aliphatic carbocycles. The monoisotopic (exact) mass is 275 g/mol. The number of nitrogens with one attached hydrogen (secondary N) is 1. The Labute approximate surface area is 97.6 Å². The van der Waals surface area contributed by atoms with Crippen molar-refractivity contribution in [2.24, 2.45) is 5.92 Å². The lowest BCUT2D eigenvalue weighted by Crippen LogP contribution is -2.23. The topological polar surface area (TPSA) is 32.3 Å². The van der Waals surface area contributed by atoms with Gasteiger partial charge in [0.2, 0.25) is 0 Å². The van der Waals surface area contributed by atoms with Crippen LogP contribution in [0, 0.1) is 11.7 Å². The summed E-state index contributed by atoms with van der Waals surface area (Å²) in [4.78, 5) is 0. The molecule has 0 heterocycles.